The van der Waals surface area contributed by atoms with Gasteiger partial charge in [-0.2, -0.15) is 5.10 Å². The van der Waals surface area contributed by atoms with Gasteiger partial charge in [0.05, 0.1) is 35.6 Å². The molecule has 0 aromatic carbocycles. The maximum Gasteiger partial charge on any atom is 0.407 e. The van der Waals surface area contributed by atoms with E-state index in [2.05, 4.69) is 21.0 Å². The quantitative estimate of drug-likeness (QED) is 0.703. The number of nitrogens with one attached hydrogen (secondary N) is 3. The number of carbonyl (C=O) groups excluding carboxylic acids is 2. The Labute approximate surface area is 173 Å². The molecule has 1 fully saturated rings. The fourth-order valence-electron chi connectivity index (χ4n) is 3.99. The first-order chi connectivity index (χ1) is 14.0. The van der Waals surface area contributed by atoms with Crippen LogP contribution in [0.5, 0.6) is 0 Å². The van der Waals surface area contributed by atoms with Gasteiger partial charge in [-0.25, -0.2) is 9.78 Å². The highest BCUT2D eigenvalue weighted by Gasteiger charge is 2.32. The fourth-order valence-corrected chi connectivity index (χ4v) is 4.25. The zero-order valence-corrected chi connectivity index (χ0v) is 17.0. The summed E-state index contributed by atoms with van der Waals surface area (Å²) in [7, 11) is 3.16. The highest BCUT2D eigenvalue weighted by molar-refractivity contribution is 6.34. The second-order valence-electron chi connectivity index (χ2n) is 7.34. The number of hydrogen-bond acceptors (Lipinski definition) is 6. The van der Waals surface area contributed by atoms with Crippen molar-refractivity contribution in [1.82, 2.24) is 25.4 Å². The predicted octanol–water partition coefficient (Wildman–Crippen LogP) is 2.46. The number of aromatic nitrogens is 3. The number of nitrogens with zero attached hydrogens (tertiary/aromatic N) is 3. The number of halogens is 1. The van der Waals surface area contributed by atoms with Gasteiger partial charge in [0.25, 0.3) is 5.91 Å². The number of pyridine rings is 1. The summed E-state index contributed by atoms with van der Waals surface area (Å²) >= 11 is 6.63. The van der Waals surface area contributed by atoms with E-state index in [9.17, 15) is 9.59 Å². The summed E-state index contributed by atoms with van der Waals surface area (Å²) in [6.45, 7) is 0.353. The molecule has 2 atom stereocenters. The Morgan fingerprint density at radius 3 is 2.79 bits per heavy atom. The number of aryl methyl sites for hydroxylation is 1. The van der Waals surface area contributed by atoms with Crippen LogP contribution < -0.4 is 16.0 Å². The minimum atomic E-state index is -0.456. The largest absolute Gasteiger partial charge is 0.453 e. The van der Waals surface area contributed by atoms with Crippen molar-refractivity contribution >= 4 is 29.4 Å². The lowest BCUT2D eigenvalue weighted by molar-refractivity contribution is 0.0966. The van der Waals surface area contributed by atoms with Gasteiger partial charge in [-0.15, -0.1) is 0 Å². The first kappa shape index (κ1) is 19.5. The number of ether oxygens (including phenoxy) is 1. The van der Waals surface area contributed by atoms with Crippen molar-refractivity contribution in [3.63, 3.8) is 0 Å². The number of alkyl carbamates (subject to hydrolysis) is 1. The van der Waals surface area contributed by atoms with E-state index in [0.717, 1.165) is 36.8 Å². The summed E-state index contributed by atoms with van der Waals surface area (Å²) in [4.78, 5) is 28.8. The van der Waals surface area contributed by atoms with Gasteiger partial charge in [-0.05, 0) is 12.8 Å². The average Bonchev–Trinajstić information content (AvgIpc) is 3.32. The van der Waals surface area contributed by atoms with Crippen LogP contribution in [-0.4, -0.2) is 46.0 Å². The normalized spacial score (nSPS) is 20.7. The van der Waals surface area contributed by atoms with Crippen molar-refractivity contribution < 1.29 is 14.3 Å². The van der Waals surface area contributed by atoms with Crippen LogP contribution in [0.4, 0.5) is 10.6 Å². The van der Waals surface area contributed by atoms with Crippen LogP contribution in [0.15, 0.2) is 12.4 Å². The molecule has 1 aliphatic carbocycles. The fraction of sp³-hybridized carbons (Fsp3) is 0.474. The molecule has 29 heavy (non-hydrogen) atoms. The van der Waals surface area contributed by atoms with Crippen molar-refractivity contribution in [3.8, 4) is 11.3 Å². The van der Waals surface area contributed by atoms with Crippen LogP contribution in [0.3, 0.4) is 0 Å². The van der Waals surface area contributed by atoms with Crippen LogP contribution >= 0.6 is 11.6 Å². The Hall–Kier alpha value is -2.81. The molecule has 154 valence electrons. The van der Waals surface area contributed by atoms with Crippen molar-refractivity contribution in [2.75, 3.05) is 12.4 Å². The van der Waals surface area contributed by atoms with Crippen LogP contribution in [0.25, 0.3) is 11.3 Å². The molecule has 9 nitrogen and oxygen atoms in total. The Morgan fingerprint density at radius 2 is 2.10 bits per heavy atom. The Bertz CT molecular complexity index is 960. The Morgan fingerprint density at radius 1 is 1.34 bits per heavy atom. The SMILES string of the molecule is COC(=O)N[C@H]1CCCC[C@H]1Nc1nc(-c2cnn(C)c2)c2c(c1Cl)CNC2=O. The van der Waals surface area contributed by atoms with Crippen LogP contribution in [-0.2, 0) is 18.3 Å². The van der Waals surface area contributed by atoms with Crippen LogP contribution in [0.1, 0.15) is 41.6 Å². The van der Waals surface area contributed by atoms with Gasteiger partial charge in [0.2, 0.25) is 0 Å². The molecule has 0 unspecified atom stereocenters. The van der Waals surface area contributed by atoms with Crippen molar-refractivity contribution in [2.24, 2.45) is 7.05 Å². The van der Waals surface area contributed by atoms with E-state index >= 15 is 0 Å². The zero-order chi connectivity index (χ0) is 20.5. The molecule has 3 N–H and O–H groups in total. The molecule has 1 saturated carbocycles. The Balaban J connectivity index is 1.70. The molecule has 1 aliphatic heterocycles. The monoisotopic (exact) mass is 418 g/mol. The third-order valence-corrected chi connectivity index (χ3v) is 5.85. The van der Waals surface area contributed by atoms with Crippen molar-refractivity contribution in [3.05, 3.63) is 28.5 Å². The smallest absolute Gasteiger partial charge is 0.407 e. The number of methoxy groups -OCH3 is 1. The number of amides is 2. The number of fused-ring (bicyclic) bond motifs is 1. The molecule has 0 saturated heterocycles. The number of rotatable bonds is 4. The summed E-state index contributed by atoms with van der Waals surface area (Å²) in [6.07, 6.45) is 6.80. The molecule has 10 heteroatoms. The second-order valence-corrected chi connectivity index (χ2v) is 7.72. The van der Waals surface area contributed by atoms with Gasteiger partial charge in [0, 0.05) is 37.0 Å². The van der Waals surface area contributed by atoms with Gasteiger partial charge in [0.15, 0.2) is 0 Å². The first-order valence-corrected chi connectivity index (χ1v) is 9.96. The van der Waals surface area contributed by atoms with Gasteiger partial charge < -0.3 is 20.7 Å². The highest BCUT2D eigenvalue weighted by Crippen LogP contribution is 2.37. The van der Waals surface area contributed by atoms with Gasteiger partial charge >= 0.3 is 6.09 Å². The molecule has 0 spiro atoms. The minimum absolute atomic E-state index is 0.0438. The molecule has 2 aromatic heterocycles. The average molecular weight is 419 g/mol. The predicted molar refractivity (Wildman–Crippen MR) is 108 cm³/mol. The summed E-state index contributed by atoms with van der Waals surface area (Å²) in [5, 5.41) is 13.7. The number of anilines is 1. The third kappa shape index (κ3) is 3.74. The number of hydrogen-bond donors (Lipinski definition) is 3. The molecule has 2 aromatic rings. The van der Waals surface area contributed by atoms with Gasteiger partial charge in [-0.1, -0.05) is 24.4 Å². The molecule has 3 heterocycles. The van der Waals surface area contributed by atoms with E-state index in [1.54, 1.807) is 10.9 Å². The Kier molecular flexibility index (Phi) is 5.31. The minimum Gasteiger partial charge on any atom is -0.453 e. The lowest BCUT2D eigenvalue weighted by atomic mass is 9.90. The van der Waals surface area contributed by atoms with E-state index < -0.39 is 6.09 Å². The van der Waals surface area contributed by atoms with E-state index in [4.69, 9.17) is 21.3 Å². The standard InChI is InChI=1S/C19H23ClN6O3/c1-26-9-10(7-22-26)16-14-11(8-21-18(14)27)15(20)17(25-16)23-12-5-3-4-6-13(12)24-19(28)29-2/h7,9,12-13H,3-6,8H2,1-2H3,(H,21,27)(H,23,25)(H,24,28)/t12-,13+/m1/s1. The van der Waals surface area contributed by atoms with Crippen LogP contribution in [0, 0.1) is 0 Å². The number of carbonyl (C=O) groups is 2. The van der Waals surface area contributed by atoms with E-state index in [1.165, 1.54) is 7.11 Å². The molecular weight excluding hydrogens is 396 g/mol. The van der Waals surface area contributed by atoms with Gasteiger partial charge in [-0.3, -0.25) is 9.48 Å². The molecule has 0 radical (unpaired) electrons. The maximum atomic E-state index is 12.4. The molecule has 0 bridgehead atoms. The van der Waals surface area contributed by atoms with Crippen LogP contribution in [0.2, 0.25) is 5.02 Å². The summed E-state index contributed by atoms with van der Waals surface area (Å²) in [5.74, 6) is 0.312. The molecule has 2 amide bonds. The molecule has 2 aliphatic rings. The first-order valence-electron chi connectivity index (χ1n) is 9.58. The van der Waals surface area contributed by atoms with E-state index in [0.29, 0.717) is 28.6 Å². The van der Waals surface area contributed by atoms with Crippen molar-refractivity contribution in [2.45, 2.75) is 44.3 Å². The lowest BCUT2D eigenvalue weighted by Gasteiger charge is -2.33. The molecule has 4 rings (SSSR count). The highest BCUT2D eigenvalue weighted by atomic mass is 35.5. The van der Waals surface area contributed by atoms with Crippen molar-refractivity contribution in [1.29, 1.82) is 0 Å². The third-order valence-electron chi connectivity index (χ3n) is 5.44. The van der Waals surface area contributed by atoms with E-state index in [-0.39, 0.29) is 18.0 Å². The van der Waals surface area contributed by atoms with E-state index in [1.807, 2.05) is 13.2 Å². The summed E-state index contributed by atoms with van der Waals surface area (Å²) < 4.78 is 6.41. The summed E-state index contributed by atoms with van der Waals surface area (Å²) in [6, 6.07) is -0.137. The van der Waals surface area contributed by atoms with Gasteiger partial charge in [0.1, 0.15) is 5.82 Å². The summed E-state index contributed by atoms with van der Waals surface area (Å²) in [5.41, 5.74) is 2.50. The maximum absolute atomic E-state index is 12.4. The lowest BCUT2D eigenvalue weighted by Crippen LogP contribution is -2.48. The molecular formula is C19H23ClN6O3. The topological polar surface area (TPSA) is 110 Å². The second kappa shape index (κ2) is 7.90. The zero-order valence-electron chi connectivity index (χ0n) is 16.3.